The van der Waals surface area contributed by atoms with Gasteiger partial charge < -0.3 is 30.1 Å². The number of amides is 1. The molecule has 0 aromatic rings. The molecule has 1 amide bonds. The normalized spacial score (nSPS) is 12.3. The van der Waals surface area contributed by atoms with Gasteiger partial charge in [-0.05, 0) is 6.42 Å². The summed E-state index contributed by atoms with van der Waals surface area (Å²) in [5.74, 6) is -0.157. The van der Waals surface area contributed by atoms with Crippen molar-refractivity contribution in [3.05, 3.63) is 0 Å². The van der Waals surface area contributed by atoms with Gasteiger partial charge in [0.15, 0.2) is 0 Å². The van der Waals surface area contributed by atoms with E-state index in [0.29, 0.717) is 32.7 Å². The van der Waals surface area contributed by atoms with Gasteiger partial charge in [-0.1, -0.05) is 0 Å². The quantitative estimate of drug-likeness (QED) is 0.182. The average molecular weight is 294 g/mol. The van der Waals surface area contributed by atoms with Crippen molar-refractivity contribution < 1.29 is 29.6 Å². The second-order valence-electron chi connectivity index (χ2n) is 4.03. The van der Waals surface area contributed by atoms with Crippen LogP contribution in [-0.4, -0.2) is 80.2 Å². The van der Waals surface area contributed by atoms with Crippen molar-refractivity contribution in [1.82, 2.24) is 10.6 Å². The van der Waals surface area contributed by atoms with Crippen LogP contribution in [0.15, 0.2) is 0 Å². The van der Waals surface area contributed by atoms with E-state index in [0.717, 1.165) is 0 Å². The maximum atomic E-state index is 11.4. The summed E-state index contributed by atoms with van der Waals surface area (Å²) in [6.07, 6.45) is -0.237. The predicted molar refractivity (Wildman–Crippen MR) is 72.1 cm³/mol. The summed E-state index contributed by atoms with van der Waals surface area (Å²) < 4.78 is 10.00. The number of aliphatic hydroxyl groups is 3. The first-order valence-electron chi connectivity index (χ1n) is 6.76. The van der Waals surface area contributed by atoms with Crippen LogP contribution in [0.1, 0.15) is 12.8 Å². The molecule has 0 spiro atoms. The molecule has 0 aliphatic carbocycles. The molecule has 8 nitrogen and oxygen atoms in total. The smallest absolute Gasteiger partial charge is 0.220 e. The van der Waals surface area contributed by atoms with E-state index in [2.05, 4.69) is 10.6 Å². The lowest BCUT2D eigenvalue weighted by atomic mass is 10.2. The summed E-state index contributed by atoms with van der Waals surface area (Å²) in [5.41, 5.74) is 0. The molecule has 0 aromatic carbocycles. The maximum Gasteiger partial charge on any atom is 0.220 e. The van der Waals surface area contributed by atoms with Crippen LogP contribution in [0.25, 0.3) is 0 Å². The molecule has 8 heteroatoms. The van der Waals surface area contributed by atoms with Crippen molar-refractivity contribution in [2.75, 3.05) is 52.7 Å². The summed E-state index contributed by atoms with van der Waals surface area (Å²) in [6.45, 7) is 2.07. The first-order chi connectivity index (χ1) is 9.70. The molecular formula is C12H26N2O6. The summed E-state index contributed by atoms with van der Waals surface area (Å²) in [7, 11) is 0. The van der Waals surface area contributed by atoms with E-state index in [-0.39, 0.29) is 38.8 Å². The van der Waals surface area contributed by atoms with Gasteiger partial charge in [-0.3, -0.25) is 10.1 Å². The molecule has 0 bridgehead atoms. The van der Waals surface area contributed by atoms with E-state index < -0.39 is 6.23 Å². The topological polar surface area (TPSA) is 120 Å². The Labute approximate surface area is 119 Å². The van der Waals surface area contributed by atoms with Crippen molar-refractivity contribution in [2.45, 2.75) is 19.1 Å². The Bertz CT molecular complexity index is 230. The zero-order valence-electron chi connectivity index (χ0n) is 11.7. The Balaban J connectivity index is 3.34. The lowest BCUT2D eigenvalue weighted by Crippen LogP contribution is -2.34. The van der Waals surface area contributed by atoms with Crippen molar-refractivity contribution in [1.29, 1.82) is 0 Å². The van der Waals surface area contributed by atoms with Gasteiger partial charge in [-0.15, -0.1) is 0 Å². The van der Waals surface area contributed by atoms with Gasteiger partial charge in [0.2, 0.25) is 5.91 Å². The summed E-state index contributed by atoms with van der Waals surface area (Å²) >= 11 is 0. The third-order valence-corrected chi connectivity index (χ3v) is 2.31. The Kier molecular flexibility index (Phi) is 14.1. The fraction of sp³-hybridized carbons (Fsp3) is 0.917. The number of aliphatic hydroxyl groups excluding tert-OH is 3. The standard InChI is InChI=1S/C12H26N2O6/c15-5-9-19-7-3-13-11(17)1-2-12(18)14-4-8-20-10-6-16/h11,13,15-17H,1-10H2,(H,14,18). The van der Waals surface area contributed by atoms with Crippen LogP contribution in [0.2, 0.25) is 0 Å². The molecule has 0 aliphatic heterocycles. The number of ether oxygens (including phenoxy) is 2. The first kappa shape index (κ1) is 19.2. The highest BCUT2D eigenvalue weighted by atomic mass is 16.5. The first-order valence-corrected chi connectivity index (χ1v) is 6.76. The van der Waals surface area contributed by atoms with Crippen molar-refractivity contribution in [2.24, 2.45) is 0 Å². The van der Waals surface area contributed by atoms with Gasteiger partial charge in [0.05, 0.1) is 39.6 Å². The van der Waals surface area contributed by atoms with Crippen molar-refractivity contribution in [3.63, 3.8) is 0 Å². The fourth-order valence-electron chi connectivity index (χ4n) is 1.35. The molecule has 0 aromatic heterocycles. The van der Waals surface area contributed by atoms with Gasteiger partial charge >= 0.3 is 0 Å². The van der Waals surface area contributed by atoms with E-state index in [1.807, 2.05) is 0 Å². The molecule has 20 heavy (non-hydrogen) atoms. The summed E-state index contributed by atoms with van der Waals surface area (Å²) in [6, 6.07) is 0. The molecule has 1 unspecified atom stereocenters. The van der Waals surface area contributed by atoms with Gasteiger partial charge in [-0.2, -0.15) is 0 Å². The molecule has 0 rings (SSSR count). The average Bonchev–Trinajstić information content (AvgIpc) is 2.44. The summed E-state index contributed by atoms with van der Waals surface area (Å²) in [4.78, 5) is 11.4. The second-order valence-corrected chi connectivity index (χ2v) is 4.03. The van der Waals surface area contributed by atoms with Crippen LogP contribution >= 0.6 is 0 Å². The van der Waals surface area contributed by atoms with Crippen molar-refractivity contribution in [3.8, 4) is 0 Å². The predicted octanol–water partition coefficient (Wildman–Crippen LogP) is -2.19. The molecular weight excluding hydrogens is 268 g/mol. The van der Waals surface area contributed by atoms with Crippen LogP contribution in [0, 0.1) is 0 Å². The Morgan fingerprint density at radius 2 is 1.60 bits per heavy atom. The van der Waals surface area contributed by atoms with Crippen LogP contribution in [-0.2, 0) is 14.3 Å². The third kappa shape index (κ3) is 13.7. The van der Waals surface area contributed by atoms with Gasteiger partial charge in [0, 0.05) is 19.5 Å². The second kappa shape index (κ2) is 14.6. The van der Waals surface area contributed by atoms with E-state index in [9.17, 15) is 9.90 Å². The van der Waals surface area contributed by atoms with E-state index in [1.165, 1.54) is 0 Å². The minimum Gasteiger partial charge on any atom is -0.394 e. The SMILES string of the molecule is O=C(CCC(O)NCCOCCO)NCCOCCO. The molecule has 0 saturated heterocycles. The highest BCUT2D eigenvalue weighted by Crippen LogP contribution is 1.93. The molecule has 0 fully saturated rings. The van der Waals surface area contributed by atoms with Crippen LogP contribution in [0.5, 0.6) is 0 Å². The number of nitrogens with one attached hydrogen (secondary N) is 2. The van der Waals surface area contributed by atoms with Gasteiger partial charge in [0.25, 0.3) is 0 Å². The number of hydrogen-bond donors (Lipinski definition) is 5. The number of rotatable bonds is 14. The fourth-order valence-corrected chi connectivity index (χ4v) is 1.35. The van der Waals surface area contributed by atoms with Gasteiger partial charge in [-0.25, -0.2) is 0 Å². The molecule has 0 heterocycles. The minimum atomic E-state index is -0.760. The highest BCUT2D eigenvalue weighted by Gasteiger charge is 2.07. The third-order valence-electron chi connectivity index (χ3n) is 2.31. The van der Waals surface area contributed by atoms with Gasteiger partial charge in [0.1, 0.15) is 6.23 Å². The highest BCUT2D eigenvalue weighted by molar-refractivity contribution is 5.75. The lowest BCUT2D eigenvalue weighted by molar-refractivity contribution is -0.122. The Hall–Kier alpha value is -0.770. The zero-order valence-corrected chi connectivity index (χ0v) is 11.7. The zero-order chi connectivity index (χ0) is 15.1. The van der Waals surface area contributed by atoms with E-state index >= 15 is 0 Å². The molecule has 0 radical (unpaired) electrons. The Morgan fingerprint density at radius 1 is 1.00 bits per heavy atom. The number of hydrogen-bond acceptors (Lipinski definition) is 7. The molecule has 120 valence electrons. The lowest BCUT2D eigenvalue weighted by Gasteiger charge is -2.12. The molecule has 0 saturated carbocycles. The molecule has 1 atom stereocenters. The largest absolute Gasteiger partial charge is 0.394 e. The number of carbonyl (C=O) groups is 1. The Morgan fingerprint density at radius 3 is 2.20 bits per heavy atom. The van der Waals surface area contributed by atoms with Crippen LogP contribution in [0.4, 0.5) is 0 Å². The maximum absolute atomic E-state index is 11.4. The van der Waals surface area contributed by atoms with Crippen LogP contribution < -0.4 is 10.6 Å². The number of carbonyl (C=O) groups excluding carboxylic acids is 1. The monoisotopic (exact) mass is 294 g/mol. The minimum absolute atomic E-state index is 0.0231. The van der Waals surface area contributed by atoms with Crippen molar-refractivity contribution >= 4 is 5.91 Å². The molecule has 0 aliphatic rings. The van der Waals surface area contributed by atoms with E-state index in [4.69, 9.17) is 19.7 Å². The van der Waals surface area contributed by atoms with E-state index in [1.54, 1.807) is 0 Å². The van der Waals surface area contributed by atoms with Crippen LogP contribution in [0.3, 0.4) is 0 Å². The molecule has 5 N–H and O–H groups in total. The summed E-state index contributed by atoms with van der Waals surface area (Å²) in [5, 5.41) is 31.9.